The molecule has 1 N–H and O–H groups in total. The Morgan fingerprint density at radius 3 is 2.18 bits per heavy atom. The molecule has 0 bridgehead atoms. The predicted octanol–water partition coefficient (Wildman–Crippen LogP) is 6.14. The van der Waals surface area contributed by atoms with Gasteiger partial charge in [0.05, 0.1) is 12.6 Å². The maximum atomic E-state index is 12.3. The lowest BCUT2D eigenvalue weighted by atomic mass is 9.92. The summed E-state index contributed by atoms with van der Waals surface area (Å²) < 4.78 is 5.19. The maximum Gasteiger partial charge on any atom is 0.331 e. The third kappa shape index (κ3) is 5.24. The highest BCUT2D eigenvalue weighted by molar-refractivity contribution is 6.30. The molecule has 142 valence electrons. The number of rotatable bonds is 7. The van der Waals surface area contributed by atoms with E-state index in [1.54, 1.807) is 13.0 Å². The standard InChI is InChI=1S/C24H22ClNO2/c1-2-28-23(27)17-22(18-9-5-3-6-10-18)24(19-13-15-20(25)16-14-19)26-21-11-7-4-8-12-21/h3-17,24,26H,2H2,1H3/b22-17-. The van der Waals surface area contributed by atoms with Gasteiger partial charge in [-0.05, 0) is 47.9 Å². The Bertz CT molecular complexity index is 922. The van der Waals surface area contributed by atoms with E-state index in [4.69, 9.17) is 16.3 Å². The van der Waals surface area contributed by atoms with Crippen molar-refractivity contribution in [1.82, 2.24) is 0 Å². The van der Waals surface area contributed by atoms with Crippen LogP contribution < -0.4 is 5.32 Å². The van der Waals surface area contributed by atoms with Crippen molar-refractivity contribution < 1.29 is 9.53 Å². The molecule has 3 aromatic rings. The average molecular weight is 392 g/mol. The van der Waals surface area contributed by atoms with Gasteiger partial charge in [-0.15, -0.1) is 0 Å². The highest BCUT2D eigenvalue weighted by Crippen LogP contribution is 2.34. The van der Waals surface area contributed by atoms with Crippen LogP contribution in [0.5, 0.6) is 0 Å². The minimum atomic E-state index is -0.366. The summed E-state index contributed by atoms with van der Waals surface area (Å²) in [6.07, 6.45) is 1.56. The third-order valence-corrected chi connectivity index (χ3v) is 4.52. The normalized spacial score (nSPS) is 12.3. The molecular formula is C24H22ClNO2. The average Bonchev–Trinajstić information content (AvgIpc) is 2.73. The summed E-state index contributed by atoms with van der Waals surface area (Å²) in [6.45, 7) is 2.13. The molecular weight excluding hydrogens is 370 g/mol. The summed E-state index contributed by atoms with van der Waals surface area (Å²) >= 11 is 6.09. The lowest BCUT2D eigenvalue weighted by Crippen LogP contribution is -2.15. The van der Waals surface area contributed by atoms with Crippen molar-refractivity contribution in [1.29, 1.82) is 0 Å². The van der Waals surface area contributed by atoms with Gasteiger partial charge in [0.25, 0.3) is 0 Å². The molecule has 0 radical (unpaired) electrons. The van der Waals surface area contributed by atoms with E-state index in [0.29, 0.717) is 11.6 Å². The van der Waals surface area contributed by atoms with Crippen molar-refractivity contribution in [2.24, 2.45) is 0 Å². The van der Waals surface area contributed by atoms with Gasteiger partial charge in [0.1, 0.15) is 0 Å². The molecule has 0 aliphatic rings. The molecule has 3 rings (SSSR count). The number of ether oxygens (including phenoxy) is 1. The van der Waals surface area contributed by atoms with E-state index in [1.807, 2.05) is 84.9 Å². The first kappa shape index (κ1) is 19.7. The van der Waals surface area contributed by atoms with Crippen molar-refractivity contribution in [3.63, 3.8) is 0 Å². The van der Waals surface area contributed by atoms with Gasteiger partial charge in [-0.3, -0.25) is 0 Å². The van der Waals surface area contributed by atoms with Crippen molar-refractivity contribution in [2.75, 3.05) is 11.9 Å². The smallest absolute Gasteiger partial charge is 0.331 e. The minimum absolute atomic E-state index is 0.258. The topological polar surface area (TPSA) is 38.3 Å². The second-order valence-electron chi connectivity index (χ2n) is 6.21. The number of nitrogens with one attached hydrogen (secondary N) is 1. The van der Waals surface area contributed by atoms with E-state index in [1.165, 1.54) is 0 Å². The zero-order valence-electron chi connectivity index (χ0n) is 15.6. The van der Waals surface area contributed by atoms with Crippen LogP contribution in [0.15, 0.2) is 91.0 Å². The number of carbonyl (C=O) groups is 1. The molecule has 28 heavy (non-hydrogen) atoms. The molecule has 3 aromatic carbocycles. The van der Waals surface area contributed by atoms with E-state index in [9.17, 15) is 4.79 Å². The molecule has 1 unspecified atom stereocenters. The van der Waals surface area contributed by atoms with Crippen molar-refractivity contribution in [2.45, 2.75) is 13.0 Å². The Morgan fingerprint density at radius 2 is 1.57 bits per heavy atom. The molecule has 0 heterocycles. The van der Waals surface area contributed by atoms with E-state index < -0.39 is 0 Å². The lowest BCUT2D eigenvalue weighted by molar-refractivity contribution is -0.137. The third-order valence-electron chi connectivity index (χ3n) is 4.27. The van der Waals surface area contributed by atoms with Crippen LogP contribution in [0.25, 0.3) is 5.57 Å². The van der Waals surface area contributed by atoms with Crippen LogP contribution in [0.2, 0.25) is 5.02 Å². The molecule has 0 saturated heterocycles. The van der Waals surface area contributed by atoms with Crippen molar-refractivity contribution >= 4 is 28.8 Å². The van der Waals surface area contributed by atoms with Gasteiger partial charge in [-0.1, -0.05) is 72.3 Å². The Morgan fingerprint density at radius 1 is 0.964 bits per heavy atom. The van der Waals surface area contributed by atoms with Crippen LogP contribution in [0.3, 0.4) is 0 Å². The number of anilines is 1. The number of hydrogen-bond donors (Lipinski definition) is 1. The van der Waals surface area contributed by atoms with Gasteiger partial charge in [0.15, 0.2) is 0 Å². The van der Waals surface area contributed by atoms with Gasteiger partial charge in [-0.25, -0.2) is 4.79 Å². The summed E-state index contributed by atoms with van der Waals surface area (Å²) in [5, 5.41) is 4.21. The fraction of sp³-hybridized carbons (Fsp3) is 0.125. The van der Waals surface area contributed by atoms with Gasteiger partial charge in [0.2, 0.25) is 0 Å². The quantitative estimate of drug-likeness (QED) is 0.388. The van der Waals surface area contributed by atoms with Crippen LogP contribution >= 0.6 is 11.6 Å². The molecule has 0 spiro atoms. The Hall–Kier alpha value is -3.04. The van der Waals surface area contributed by atoms with Gasteiger partial charge in [0, 0.05) is 16.8 Å². The molecule has 4 heteroatoms. The summed E-state index contributed by atoms with van der Waals surface area (Å²) in [5.74, 6) is -0.366. The fourth-order valence-corrected chi connectivity index (χ4v) is 3.10. The molecule has 0 aliphatic heterocycles. The van der Waals surface area contributed by atoms with Crippen LogP contribution in [0, 0.1) is 0 Å². The second kappa shape index (κ2) is 9.77. The zero-order chi connectivity index (χ0) is 19.8. The first-order valence-electron chi connectivity index (χ1n) is 9.18. The second-order valence-corrected chi connectivity index (χ2v) is 6.65. The van der Waals surface area contributed by atoms with Gasteiger partial charge < -0.3 is 10.1 Å². The highest BCUT2D eigenvalue weighted by Gasteiger charge is 2.20. The van der Waals surface area contributed by atoms with Crippen LogP contribution in [0.1, 0.15) is 24.1 Å². The number of halogens is 1. The van der Waals surface area contributed by atoms with Crippen molar-refractivity contribution in [3.05, 3.63) is 107 Å². The minimum Gasteiger partial charge on any atom is -0.463 e. The maximum absolute atomic E-state index is 12.3. The Labute approximate surface area is 170 Å². The first-order chi connectivity index (χ1) is 13.7. The summed E-state index contributed by atoms with van der Waals surface area (Å²) in [6, 6.07) is 27.1. The molecule has 1 atom stereocenters. The lowest BCUT2D eigenvalue weighted by Gasteiger charge is -2.24. The number of esters is 1. The molecule has 0 fully saturated rings. The zero-order valence-corrected chi connectivity index (χ0v) is 16.4. The molecule has 0 aliphatic carbocycles. The monoisotopic (exact) mass is 391 g/mol. The molecule has 0 saturated carbocycles. The molecule has 3 nitrogen and oxygen atoms in total. The van der Waals surface area contributed by atoms with Crippen LogP contribution in [-0.4, -0.2) is 12.6 Å². The number of hydrogen-bond acceptors (Lipinski definition) is 3. The van der Waals surface area contributed by atoms with Crippen molar-refractivity contribution in [3.8, 4) is 0 Å². The van der Waals surface area contributed by atoms with E-state index in [-0.39, 0.29) is 12.0 Å². The number of carbonyl (C=O) groups excluding carboxylic acids is 1. The van der Waals surface area contributed by atoms with E-state index >= 15 is 0 Å². The summed E-state index contributed by atoms with van der Waals surface area (Å²) in [4.78, 5) is 12.3. The molecule has 0 aromatic heterocycles. The largest absolute Gasteiger partial charge is 0.463 e. The Balaban J connectivity index is 2.09. The first-order valence-corrected chi connectivity index (χ1v) is 9.56. The number of benzene rings is 3. The van der Waals surface area contributed by atoms with Crippen LogP contribution in [0.4, 0.5) is 5.69 Å². The van der Waals surface area contributed by atoms with E-state index in [2.05, 4.69) is 5.32 Å². The summed E-state index contributed by atoms with van der Waals surface area (Å²) in [7, 11) is 0. The Kier molecular flexibility index (Phi) is 6.88. The van der Waals surface area contributed by atoms with Crippen LogP contribution in [-0.2, 0) is 9.53 Å². The fourth-order valence-electron chi connectivity index (χ4n) is 2.97. The molecule has 0 amide bonds. The van der Waals surface area contributed by atoms with Gasteiger partial charge in [-0.2, -0.15) is 0 Å². The number of para-hydroxylation sites is 1. The SMILES string of the molecule is CCOC(=O)/C=C(/c1ccccc1)C(Nc1ccccc1)c1ccc(Cl)cc1. The summed E-state index contributed by atoms with van der Waals surface area (Å²) in [5.41, 5.74) is 3.71. The van der Waals surface area contributed by atoms with Gasteiger partial charge >= 0.3 is 5.97 Å². The predicted molar refractivity (Wildman–Crippen MR) is 115 cm³/mol. The highest BCUT2D eigenvalue weighted by atomic mass is 35.5. The van der Waals surface area contributed by atoms with E-state index in [0.717, 1.165) is 22.4 Å².